The van der Waals surface area contributed by atoms with E-state index in [9.17, 15) is 4.79 Å². The van der Waals surface area contributed by atoms with Crippen LogP contribution in [0.2, 0.25) is 0 Å². The zero-order chi connectivity index (χ0) is 13.7. The number of ketones is 1. The minimum Gasteiger partial charge on any atom is -0.313 e. The van der Waals surface area contributed by atoms with Crippen LogP contribution in [-0.4, -0.2) is 18.4 Å². The normalized spacial score (nSPS) is 35.0. The van der Waals surface area contributed by atoms with E-state index in [4.69, 9.17) is 0 Å². The number of rotatable bonds is 1. The van der Waals surface area contributed by atoms with Gasteiger partial charge in [0.1, 0.15) is 0 Å². The molecule has 3 atom stereocenters. The SMILES string of the molecule is CC(=O)c1ccc2c(c1)[C@@]13CCCC[C@H]1[C@@H](C2)NCC3. The van der Waals surface area contributed by atoms with E-state index in [1.165, 1.54) is 43.2 Å². The van der Waals surface area contributed by atoms with Gasteiger partial charge in [0.15, 0.2) is 5.78 Å². The molecule has 0 unspecified atom stereocenters. The van der Waals surface area contributed by atoms with Crippen molar-refractivity contribution in [2.45, 2.75) is 56.9 Å². The standard InChI is InChI=1S/C18H23NO/c1-12(20)13-5-6-14-11-17-15-4-2-3-7-18(15,8-9-19-17)16(14)10-13/h5-6,10,15,17,19H,2-4,7-9,11H2,1H3/t15-,17+,18+/m0/s1. The van der Waals surface area contributed by atoms with E-state index in [2.05, 4.69) is 17.4 Å². The smallest absolute Gasteiger partial charge is 0.159 e. The largest absolute Gasteiger partial charge is 0.313 e. The van der Waals surface area contributed by atoms with Gasteiger partial charge in [0.2, 0.25) is 0 Å². The Morgan fingerprint density at radius 1 is 1.30 bits per heavy atom. The van der Waals surface area contributed by atoms with Crippen molar-refractivity contribution in [2.75, 3.05) is 6.54 Å². The molecule has 4 rings (SSSR count). The number of hydrogen-bond donors (Lipinski definition) is 1. The van der Waals surface area contributed by atoms with E-state index < -0.39 is 0 Å². The van der Waals surface area contributed by atoms with Gasteiger partial charge in [0.05, 0.1) is 0 Å². The van der Waals surface area contributed by atoms with Crippen molar-refractivity contribution in [3.63, 3.8) is 0 Å². The second-order valence-corrected chi connectivity index (χ2v) is 6.95. The Balaban J connectivity index is 1.89. The van der Waals surface area contributed by atoms with Crippen LogP contribution in [-0.2, 0) is 11.8 Å². The van der Waals surface area contributed by atoms with E-state index in [1.807, 2.05) is 6.07 Å². The topological polar surface area (TPSA) is 29.1 Å². The van der Waals surface area contributed by atoms with E-state index in [-0.39, 0.29) is 5.78 Å². The molecular formula is C18H23NO. The highest BCUT2D eigenvalue weighted by molar-refractivity contribution is 5.94. The number of nitrogens with one attached hydrogen (secondary N) is 1. The third-order valence-electron chi connectivity index (χ3n) is 6.05. The number of carbonyl (C=O) groups is 1. The van der Waals surface area contributed by atoms with Crippen LogP contribution in [0.4, 0.5) is 0 Å². The summed E-state index contributed by atoms with van der Waals surface area (Å²) in [5.41, 5.74) is 4.28. The van der Waals surface area contributed by atoms with Gasteiger partial charge in [-0.15, -0.1) is 0 Å². The van der Waals surface area contributed by atoms with Gasteiger partial charge in [-0.3, -0.25) is 4.79 Å². The van der Waals surface area contributed by atoms with Gasteiger partial charge in [0, 0.05) is 17.0 Å². The van der Waals surface area contributed by atoms with E-state index in [0.29, 0.717) is 11.5 Å². The van der Waals surface area contributed by atoms with Crippen LogP contribution in [0.3, 0.4) is 0 Å². The zero-order valence-electron chi connectivity index (χ0n) is 12.2. The van der Waals surface area contributed by atoms with E-state index in [0.717, 1.165) is 24.4 Å². The second kappa shape index (κ2) is 4.42. The minimum atomic E-state index is 0.201. The Bertz CT molecular complexity index is 561. The number of fused-ring (bicyclic) bond motifs is 1. The van der Waals surface area contributed by atoms with Crippen molar-refractivity contribution in [3.8, 4) is 0 Å². The van der Waals surface area contributed by atoms with Crippen LogP contribution < -0.4 is 5.32 Å². The summed E-state index contributed by atoms with van der Waals surface area (Å²) >= 11 is 0. The molecule has 2 heteroatoms. The van der Waals surface area contributed by atoms with Crippen molar-refractivity contribution < 1.29 is 4.79 Å². The lowest BCUT2D eigenvalue weighted by molar-refractivity contribution is 0.0796. The minimum absolute atomic E-state index is 0.201. The summed E-state index contributed by atoms with van der Waals surface area (Å²) in [5.74, 6) is 0.993. The summed E-state index contributed by atoms with van der Waals surface area (Å²) in [6, 6.07) is 7.15. The van der Waals surface area contributed by atoms with Crippen LogP contribution in [0.15, 0.2) is 18.2 Å². The summed E-state index contributed by atoms with van der Waals surface area (Å²) in [5, 5.41) is 3.76. The number of benzene rings is 1. The third-order valence-corrected chi connectivity index (χ3v) is 6.05. The molecule has 1 heterocycles. The Hall–Kier alpha value is -1.15. The van der Waals surface area contributed by atoms with Gasteiger partial charge in [-0.25, -0.2) is 0 Å². The molecule has 1 aliphatic heterocycles. The molecule has 1 aromatic rings. The second-order valence-electron chi connectivity index (χ2n) is 6.95. The molecular weight excluding hydrogens is 246 g/mol. The molecule has 1 saturated heterocycles. The summed E-state index contributed by atoms with van der Waals surface area (Å²) in [6.45, 7) is 2.83. The summed E-state index contributed by atoms with van der Waals surface area (Å²) in [7, 11) is 0. The summed E-state index contributed by atoms with van der Waals surface area (Å²) < 4.78 is 0. The lowest BCUT2D eigenvalue weighted by atomic mass is 9.52. The summed E-state index contributed by atoms with van der Waals surface area (Å²) in [6.07, 6.45) is 7.83. The predicted molar refractivity (Wildman–Crippen MR) is 80.2 cm³/mol. The molecule has 0 radical (unpaired) electrons. The number of hydrogen-bond acceptors (Lipinski definition) is 2. The highest BCUT2D eigenvalue weighted by Gasteiger charge is 2.51. The van der Waals surface area contributed by atoms with Crippen molar-refractivity contribution >= 4 is 5.78 Å². The van der Waals surface area contributed by atoms with E-state index >= 15 is 0 Å². The van der Waals surface area contributed by atoms with Crippen LogP contribution in [0, 0.1) is 5.92 Å². The quantitative estimate of drug-likeness (QED) is 0.793. The maximum atomic E-state index is 11.7. The van der Waals surface area contributed by atoms with Gasteiger partial charge in [-0.1, -0.05) is 25.0 Å². The molecule has 1 saturated carbocycles. The molecule has 2 aliphatic carbocycles. The first-order valence-corrected chi connectivity index (χ1v) is 8.08. The molecule has 3 aliphatic rings. The Kier molecular flexibility index (Phi) is 2.78. The van der Waals surface area contributed by atoms with E-state index in [1.54, 1.807) is 6.92 Å². The molecule has 1 N–H and O–H groups in total. The van der Waals surface area contributed by atoms with Gasteiger partial charge in [-0.05, 0) is 62.3 Å². The first-order chi connectivity index (χ1) is 9.71. The van der Waals surface area contributed by atoms with Crippen LogP contribution in [0.25, 0.3) is 0 Å². The maximum absolute atomic E-state index is 11.7. The fourth-order valence-electron chi connectivity index (χ4n) is 5.14. The van der Waals surface area contributed by atoms with Gasteiger partial charge in [-0.2, -0.15) is 0 Å². The molecule has 1 aromatic carbocycles. The van der Waals surface area contributed by atoms with Crippen LogP contribution >= 0.6 is 0 Å². The van der Waals surface area contributed by atoms with Crippen molar-refractivity contribution in [2.24, 2.45) is 5.92 Å². The Morgan fingerprint density at radius 2 is 2.20 bits per heavy atom. The fraction of sp³-hybridized carbons (Fsp3) is 0.611. The molecule has 2 fully saturated rings. The molecule has 0 aromatic heterocycles. The van der Waals surface area contributed by atoms with Crippen molar-refractivity contribution in [3.05, 3.63) is 34.9 Å². The average molecular weight is 269 g/mol. The zero-order valence-corrected chi connectivity index (χ0v) is 12.2. The van der Waals surface area contributed by atoms with Crippen molar-refractivity contribution in [1.29, 1.82) is 0 Å². The average Bonchev–Trinajstić information content (AvgIpc) is 2.46. The van der Waals surface area contributed by atoms with Crippen LogP contribution in [0.5, 0.6) is 0 Å². The lowest BCUT2D eigenvalue weighted by Gasteiger charge is -2.56. The lowest BCUT2D eigenvalue weighted by Crippen LogP contribution is -2.59. The van der Waals surface area contributed by atoms with Gasteiger partial charge >= 0.3 is 0 Å². The van der Waals surface area contributed by atoms with Gasteiger partial charge in [0.25, 0.3) is 0 Å². The van der Waals surface area contributed by atoms with Crippen molar-refractivity contribution in [1.82, 2.24) is 5.32 Å². The summed E-state index contributed by atoms with van der Waals surface area (Å²) in [4.78, 5) is 11.7. The number of carbonyl (C=O) groups excluding carboxylic acids is 1. The highest BCUT2D eigenvalue weighted by Crippen LogP contribution is 2.53. The first-order valence-electron chi connectivity index (χ1n) is 8.08. The molecule has 2 bridgehead atoms. The predicted octanol–water partition coefficient (Wildman–Crippen LogP) is 3.24. The first kappa shape index (κ1) is 12.6. The molecule has 0 spiro atoms. The number of piperidine rings is 1. The molecule has 2 nitrogen and oxygen atoms in total. The Morgan fingerprint density at radius 3 is 3.05 bits per heavy atom. The maximum Gasteiger partial charge on any atom is 0.159 e. The molecule has 20 heavy (non-hydrogen) atoms. The molecule has 106 valence electrons. The molecule has 0 amide bonds. The highest BCUT2D eigenvalue weighted by atomic mass is 16.1. The monoisotopic (exact) mass is 269 g/mol. The fourth-order valence-corrected chi connectivity index (χ4v) is 5.14. The number of Topliss-reactive ketones (excluding diaryl/α,β-unsaturated/α-hetero) is 1. The third kappa shape index (κ3) is 1.64. The van der Waals surface area contributed by atoms with Gasteiger partial charge < -0.3 is 5.32 Å². The van der Waals surface area contributed by atoms with Crippen LogP contribution in [0.1, 0.15) is 60.5 Å². The Labute approximate surface area is 121 Å².